The summed E-state index contributed by atoms with van der Waals surface area (Å²) in [5.74, 6) is 0.727. The van der Waals surface area contributed by atoms with Crippen LogP contribution in [0.4, 0.5) is 5.82 Å². The van der Waals surface area contributed by atoms with Crippen molar-refractivity contribution in [3.8, 4) is 6.07 Å². The van der Waals surface area contributed by atoms with E-state index in [1.54, 1.807) is 26.9 Å². The van der Waals surface area contributed by atoms with Crippen molar-refractivity contribution in [2.24, 2.45) is 0 Å². The van der Waals surface area contributed by atoms with E-state index < -0.39 is 10.2 Å². The zero-order valence-electron chi connectivity index (χ0n) is 14.3. The van der Waals surface area contributed by atoms with Gasteiger partial charge >= 0.3 is 0 Å². The highest BCUT2D eigenvalue weighted by atomic mass is 32.2. The number of anilines is 1. The van der Waals surface area contributed by atoms with E-state index in [0.29, 0.717) is 44.8 Å². The maximum Gasteiger partial charge on any atom is 0.282 e. The molecule has 1 aromatic heterocycles. The first kappa shape index (κ1) is 18.6. The Kier molecular flexibility index (Phi) is 6.54. The third kappa shape index (κ3) is 4.23. The Morgan fingerprint density at radius 2 is 1.83 bits per heavy atom. The summed E-state index contributed by atoms with van der Waals surface area (Å²) in [7, 11) is -3.40. The molecule has 0 N–H and O–H groups in total. The summed E-state index contributed by atoms with van der Waals surface area (Å²) in [6.07, 6.45) is 3.23. The van der Waals surface area contributed by atoms with Crippen LogP contribution in [0.3, 0.4) is 0 Å². The predicted molar refractivity (Wildman–Crippen MR) is 93.8 cm³/mol. The maximum absolute atomic E-state index is 12.8. The molecule has 0 spiro atoms. The number of piperazine rings is 1. The number of nitriles is 1. The van der Waals surface area contributed by atoms with Crippen LogP contribution in [-0.4, -0.2) is 61.3 Å². The lowest BCUT2D eigenvalue weighted by molar-refractivity contribution is 0.322. The summed E-state index contributed by atoms with van der Waals surface area (Å²) in [4.78, 5) is 6.31. The molecule has 7 nitrogen and oxygen atoms in total. The summed E-state index contributed by atoms with van der Waals surface area (Å²) in [5, 5.41) is 8.98. The highest BCUT2D eigenvalue weighted by Crippen LogP contribution is 2.18. The Bertz CT molecular complexity index is 672. The zero-order chi connectivity index (χ0) is 17.6. The molecule has 0 atom stereocenters. The molecule has 0 radical (unpaired) electrons. The number of aromatic nitrogens is 1. The van der Waals surface area contributed by atoms with Gasteiger partial charge in [0.1, 0.15) is 5.82 Å². The van der Waals surface area contributed by atoms with E-state index in [4.69, 9.17) is 5.26 Å². The van der Waals surface area contributed by atoms with Crippen LogP contribution in [0.2, 0.25) is 0 Å². The van der Waals surface area contributed by atoms with Crippen LogP contribution in [0.25, 0.3) is 0 Å². The molecule has 0 aromatic carbocycles. The van der Waals surface area contributed by atoms with Gasteiger partial charge in [-0.1, -0.05) is 13.8 Å². The van der Waals surface area contributed by atoms with Crippen LogP contribution >= 0.6 is 0 Å². The lowest BCUT2D eigenvalue weighted by Gasteiger charge is -2.37. The minimum atomic E-state index is -3.40. The fraction of sp³-hybridized carbons (Fsp3) is 0.625. The predicted octanol–water partition coefficient (Wildman–Crippen LogP) is 1.44. The van der Waals surface area contributed by atoms with Gasteiger partial charge in [0, 0.05) is 45.5 Å². The number of nitrogens with zero attached hydrogens (tertiary/aromatic N) is 5. The first-order chi connectivity index (χ1) is 11.5. The van der Waals surface area contributed by atoms with Crippen molar-refractivity contribution in [2.45, 2.75) is 26.7 Å². The zero-order valence-corrected chi connectivity index (χ0v) is 15.2. The van der Waals surface area contributed by atoms with Crippen LogP contribution in [0.15, 0.2) is 18.3 Å². The van der Waals surface area contributed by atoms with Gasteiger partial charge < -0.3 is 4.90 Å². The van der Waals surface area contributed by atoms with Crippen molar-refractivity contribution >= 4 is 16.0 Å². The smallest absolute Gasteiger partial charge is 0.282 e. The topological polar surface area (TPSA) is 80.5 Å². The van der Waals surface area contributed by atoms with Crippen molar-refractivity contribution in [1.82, 2.24) is 13.6 Å². The molecule has 2 heterocycles. The highest BCUT2D eigenvalue weighted by Gasteiger charge is 2.31. The van der Waals surface area contributed by atoms with Crippen LogP contribution in [0, 0.1) is 11.3 Å². The monoisotopic (exact) mass is 351 g/mol. The largest absolute Gasteiger partial charge is 0.354 e. The minimum Gasteiger partial charge on any atom is -0.354 e. The van der Waals surface area contributed by atoms with Gasteiger partial charge in [-0.25, -0.2) is 4.98 Å². The Morgan fingerprint density at radius 1 is 1.21 bits per heavy atom. The highest BCUT2D eigenvalue weighted by molar-refractivity contribution is 7.86. The van der Waals surface area contributed by atoms with E-state index >= 15 is 0 Å². The summed E-state index contributed by atoms with van der Waals surface area (Å²) in [6, 6.07) is 5.51. The van der Waals surface area contributed by atoms with Crippen LogP contribution < -0.4 is 4.90 Å². The molecule has 0 aliphatic carbocycles. The summed E-state index contributed by atoms with van der Waals surface area (Å²) >= 11 is 0. The first-order valence-electron chi connectivity index (χ1n) is 8.39. The van der Waals surface area contributed by atoms with Gasteiger partial charge in [-0.15, -0.1) is 0 Å². The fourth-order valence-corrected chi connectivity index (χ4v) is 4.59. The molecule has 1 fully saturated rings. The molecular formula is C16H25N5O2S. The van der Waals surface area contributed by atoms with Gasteiger partial charge in [0.15, 0.2) is 0 Å². The summed E-state index contributed by atoms with van der Waals surface area (Å²) in [5.41, 5.74) is 0.562. The number of hydrogen-bond acceptors (Lipinski definition) is 5. The number of rotatable bonds is 7. The molecule has 0 amide bonds. The first-order valence-corrected chi connectivity index (χ1v) is 9.79. The van der Waals surface area contributed by atoms with Crippen molar-refractivity contribution in [3.63, 3.8) is 0 Å². The standard InChI is InChI=1S/C16H25N5O2S/c1-3-7-20(8-4-2)24(22,23)21-11-9-19(10-12-21)16-13-15(14-17)5-6-18-16/h5-6,13H,3-4,7-12H2,1-2H3. The second-order valence-electron chi connectivity index (χ2n) is 5.81. The Morgan fingerprint density at radius 3 is 2.38 bits per heavy atom. The summed E-state index contributed by atoms with van der Waals surface area (Å²) in [6.45, 7) is 7.12. The quantitative estimate of drug-likeness (QED) is 0.742. The van der Waals surface area contributed by atoms with E-state index in [-0.39, 0.29) is 0 Å². The summed E-state index contributed by atoms with van der Waals surface area (Å²) < 4.78 is 28.7. The van der Waals surface area contributed by atoms with Crippen LogP contribution in [0.1, 0.15) is 32.3 Å². The SMILES string of the molecule is CCCN(CCC)S(=O)(=O)N1CCN(c2cc(C#N)ccn2)CC1. The molecule has 1 aliphatic heterocycles. The van der Waals surface area contributed by atoms with Gasteiger partial charge in [0.2, 0.25) is 0 Å². The lowest BCUT2D eigenvalue weighted by Crippen LogP contribution is -2.53. The van der Waals surface area contributed by atoms with Gasteiger partial charge in [-0.2, -0.15) is 22.3 Å². The molecule has 8 heteroatoms. The van der Waals surface area contributed by atoms with E-state index in [0.717, 1.165) is 18.7 Å². The molecule has 1 aromatic rings. The third-order valence-electron chi connectivity index (χ3n) is 4.04. The molecule has 132 valence electrons. The van der Waals surface area contributed by atoms with E-state index in [9.17, 15) is 8.42 Å². The van der Waals surface area contributed by atoms with E-state index in [1.165, 1.54) is 0 Å². The second kappa shape index (κ2) is 8.42. The molecule has 1 saturated heterocycles. The lowest BCUT2D eigenvalue weighted by atomic mass is 10.2. The molecule has 0 saturated carbocycles. The fourth-order valence-electron chi connectivity index (χ4n) is 2.81. The van der Waals surface area contributed by atoms with Crippen molar-refractivity contribution in [2.75, 3.05) is 44.2 Å². The normalized spacial score (nSPS) is 16.3. The van der Waals surface area contributed by atoms with Gasteiger partial charge in [-0.3, -0.25) is 0 Å². The van der Waals surface area contributed by atoms with Crippen molar-refractivity contribution in [3.05, 3.63) is 23.9 Å². The van der Waals surface area contributed by atoms with E-state index in [2.05, 4.69) is 11.1 Å². The number of hydrogen-bond donors (Lipinski definition) is 0. The number of pyridine rings is 1. The Balaban J connectivity index is 2.04. The van der Waals surface area contributed by atoms with Gasteiger partial charge in [0.05, 0.1) is 11.6 Å². The third-order valence-corrected chi connectivity index (χ3v) is 6.07. The maximum atomic E-state index is 12.8. The van der Waals surface area contributed by atoms with E-state index in [1.807, 2.05) is 18.7 Å². The molecule has 1 aliphatic rings. The average Bonchev–Trinajstić information content (AvgIpc) is 2.61. The molecular weight excluding hydrogens is 326 g/mol. The van der Waals surface area contributed by atoms with Gasteiger partial charge in [-0.05, 0) is 25.0 Å². The van der Waals surface area contributed by atoms with Crippen molar-refractivity contribution in [1.29, 1.82) is 5.26 Å². The minimum absolute atomic E-state index is 0.435. The van der Waals surface area contributed by atoms with Gasteiger partial charge in [0.25, 0.3) is 10.2 Å². The Hall–Kier alpha value is -1.69. The average molecular weight is 351 g/mol. The van der Waals surface area contributed by atoms with Crippen LogP contribution in [-0.2, 0) is 10.2 Å². The van der Waals surface area contributed by atoms with Crippen molar-refractivity contribution < 1.29 is 8.42 Å². The molecule has 2 rings (SSSR count). The molecule has 24 heavy (non-hydrogen) atoms. The second-order valence-corrected chi connectivity index (χ2v) is 7.74. The molecule has 0 unspecified atom stereocenters. The van der Waals surface area contributed by atoms with Crippen LogP contribution in [0.5, 0.6) is 0 Å². The Labute approximate surface area is 144 Å². The molecule has 0 bridgehead atoms.